The molecule has 1 aromatic heterocycles. The van der Waals surface area contributed by atoms with Gasteiger partial charge in [0.15, 0.2) is 5.76 Å². The molecule has 2 amide bonds. The normalized spacial score (nSPS) is 15.0. The summed E-state index contributed by atoms with van der Waals surface area (Å²) in [7, 11) is 0. The molecular weight excluding hydrogens is 439 g/mol. The number of rotatable bonds is 6. The molecule has 1 aliphatic heterocycles. The Hall–Kier alpha value is -3.02. The van der Waals surface area contributed by atoms with Crippen molar-refractivity contribution in [1.29, 1.82) is 0 Å². The number of benzene rings is 1. The van der Waals surface area contributed by atoms with Gasteiger partial charge in [-0.25, -0.2) is 0 Å². The lowest BCUT2D eigenvalue weighted by molar-refractivity contribution is -0.388. The molecule has 1 saturated heterocycles. The molecule has 0 aliphatic carbocycles. The van der Waals surface area contributed by atoms with Gasteiger partial charge in [0.25, 0.3) is 11.6 Å². The highest BCUT2D eigenvalue weighted by molar-refractivity contribution is 8.00. The zero-order valence-electron chi connectivity index (χ0n) is 16.1. The molecule has 166 valence electrons. The quantitative estimate of drug-likeness (QED) is 0.403. The maximum absolute atomic E-state index is 12.8. The van der Waals surface area contributed by atoms with Gasteiger partial charge in [-0.15, -0.1) is 11.8 Å². The first kappa shape index (κ1) is 22.7. The molecular formula is C19H18F3N3O5S. The highest BCUT2D eigenvalue weighted by Crippen LogP contribution is 2.36. The Bertz CT molecular complexity index is 957. The van der Waals surface area contributed by atoms with Crippen molar-refractivity contribution in [1.82, 2.24) is 10.2 Å². The van der Waals surface area contributed by atoms with Crippen LogP contribution in [0, 0.1) is 10.1 Å². The van der Waals surface area contributed by atoms with E-state index in [0.29, 0.717) is 32.0 Å². The molecule has 0 radical (unpaired) electrons. The van der Waals surface area contributed by atoms with Crippen molar-refractivity contribution in [3.63, 3.8) is 0 Å². The number of alkyl halides is 3. The van der Waals surface area contributed by atoms with Crippen LogP contribution < -0.4 is 5.32 Å². The molecule has 0 atom stereocenters. The first-order valence-corrected chi connectivity index (χ1v) is 10.2. The minimum absolute atomic E-state index is 0.0213. The van der Waals surface area contributed by atoms with Crippen LogP contribution in [0.4, 0.5) is 18.9 Å². The monoisotopic (exact) mass is 457 g/mol. The van der Waals surface area contributed by atoms with Crippen LogP contribution in [-0.4, -0.2) is 46.5 Å². The number of carbonyl (C=O) groups is 2. The lowest BCUT2D eigenvalue weighted by atomic mass is 10.0. The molecule has 8 nitrogen and oxygen atoms in total. The summed E-state index contributed by atoms with van der Waals surface area (Å²) in [6, 6.07) is 5.24. The number of furan rings is 1. The fourth-order valence-electron chi connectivity index (χ4n) is 3.15. The molecule has 2 heterocycles. The van der Waals surface area contributed by atoms with E-state index < -0.39 is 28.3 Å². The number of thioether (sulfide) groups is 1. The summed E-state index contributed by atoms with van der Waals surface area (Å²) in [6.07, 6.45) is -2.22. The first-order chi connectivity index (χ1) is 14.6. The van der Waals surface area contributed by atoms with Crippen molar-refractivity contribution >= 4 is 29.3 Å². The highest BCUT2D eigenvalue weighted by atomic mass is 32.2. The van der Waals surface area contributed by atoms with Crippen molar-refractivity contribution in [2.75, 3.05) is 18.8 Å². The van der Waals surface area contributed by atoms with Gasteiger partial charge < -0.3 is 14.6 Å². The zero-order chi connectivity index (χ0) is 22.6. The molecule has 0 unspecified atom stereocenters. The van der Waals surface area contributed by atoms with E-state index in [1.165, 1.54) is 6.26 Å². The van der Waals surface area contributed by atoms with Gasteiger partial charge in [-0.05, 0) is 37.1 Å². The Morgan fingerprint density at radius 2 is 1.97 bits per heavy atom. The molecule has 1 aliphatic rings. The molecule has 1 aromatic carbocycles. The van der Waals surface area contributed by atoms with E-state index in [1.807, 2.05) is 0 Å². The van der Waals surface area contributed by atoms with E-state index in [4.69, 9.17) is 4.42 Å². The Balaban J connectivity index is 1.51. The number of piperidine rings is 1. The predicted molar refractivity (Wildman–Crippen MR) is 105 cm³/mol. The number of carbonyl (C=O) groups excluding carboxylic acids is 2. The summed E-state index contributed by atoms with van der Waals surface area (Å²) in [5.74, 6) is -0.551. The van der Waals surface area contributed by atoms with E-state index >= 15 is 0 Å². The molecule has 2 aromatic rings. The largest absolute Gasteiger partial charge is 0.459 e. The van der Waals surface area contributed by atoms with Gasteiger partial charge in [0.2, 0.25) is 5.91 Å². The smallest absolute Gasteiger partial charge is 0.416 e. The van der Waals surface area contributed by atoms with Crippen LogP contribution in [-0.2, 0) is 11.0 Å². The van der Waals surface area contributed by atoms with E-state index in [0.717, 1.165) is 23.9 Å². The molecule has 31 heavy (non-hydrogen) atoms. The maximum Gasteiger partial charge on any atom is 0.416 e. The second-order valence-electron chi connectivity index (χ2n) is 6.84. The SMILES string of the molecule is O=C(CSc1ccc(C(F)(F)F)cc1[N+](=O)[O-])NC1CCN(C(=O)c2ccco2)CC1. The second kappa shape index (κ2) is 9.41. The van der Waals surface area contributed by atoms with Crippen LogP contribution in [0.3, 0.4) is 0 Å². The molecule has 1 fully saturated rings. The fraction of sp³-hybridized carbons (Fsp3) is 0.368. The number of hydrogen-bond acceptors (Lipinski definition) is 6. The van der Waals surface area contributed by atoms with Crippen molar-refractivity contribution in [3.05, 3.63) is 58.0 Å². The summed E-state index contributed by atoms with van der Waals surface area (Å²) >= 11 is 0.797. The minimum Gasteiger partial charge on any atom is -0.459 e. The fourth-order valence-corrected chi connectivity index (χ4v) is 3.97. The maximum atomic E-state index is 12.8. The van der Waals surface area contributed by atoms with Crippen LogP contribution in [0.5, 0.6) is 0 Å². The van der Waals surface area contributed by atoms with Crippen molar-refractivity contribution in [2.45, 2.75) is 30.0 Å². The molecule has 1 N–H and O–H groups in total. The van der Waals surface area contributed by atoms with E-state index in [9.17, 15) is 32.9 Å². The Labute approximate surface area is 178 Å². The number of nitrogens with one attached hydrogen (secondary N) is 1. The third kappa shape index (κ3) is 5.78. The summed E-state index contributed by atoms with van der Waals surface area (Å²) < 4.78 is 43.4. The van der Waals surface area contributed by atoms with Crippen LogP contribution in [0.2, 0.25) is 0 Å². The van der Waals surface area contributed by atoms with Gasteiger partial charge in [-0.1, -0.05) is 0 Å². The lowest BCUT2D eigenvalue weighted by Gasteiger charge is -2.31. The van der Waals surface area contributed by atoms with Crippen molar-refractivity contribution < 1.29 is 32.1 Å². The summed E-state index contributed by atoms with van der Waals surface area (Å²) in [4.78, 5) is 36.3. The third-order valence-electron chi connectivity index (χ3n) is 4.72. The number of nitro benzene ring substituents is 1. The Morgan fingerprint density at radius 1 is 1.26 bits per heavy atom. The van der Waals surface area contributed by atoms with E-state index in [1.54, 1.807) is 17.0 Å². The van der Waals surface area contributed by atoms with Crippen LogP contribution >= 0.6 is 11.8 Å². The topological polar surface area (TPSA) is 106 Å². The van der Waals surface area contributed by atoms with Gasteiger partial charge in [-0.3, -0.25) is 19.7 Å². The summed E-state index contributed by atoms with van der Waals surface area (Å²) in [5, 5.41) is 13.9. The van der Waals surface area contributed by atoms with Gasteiger partial charge in [0.1, 0.15) is 0 Å². The van der Waals surface area contributed by atoms with E-state index in [-0.39, 0.29) is 28.4 Å². The van der Waals surface area contributed by atoms with Crippen LogP contribution in [0.15, 0.2) is 45.9 Å². The number of nitro groups is 1. The van der Waals surface area contributed by atoms with Crippen LogP contribution in [0.25, 0.3) is 0 Å². The molecule has 0 bridgehead atoms. The number of amides is 2. The Kier molecular flexibility index (Phi) is 6.88. The van der Waals surface area contributed by atoms with Gasteiger partial charge >= 0.3 is 6.18 Å². The standard InChI is InChI=1S/C19H18F3N3O5S/c20-19(21,22)12-3-4-16(14(10-12)25(28)29)31-11-17(26)23-13-5-7-24(8-6-13)18(27)15-2-1-9-30-15/h1-4,9-10,13H,5-8,11H2,(H,23,26). The average Bonchev–Trinajstić information content (AvgIpc) is 3.26. The molecule has 0 saturated carbocycles. The summed E-state index contributed by atoms with van der Waals surface area (Å²) in [5.41, 5.74) is -1.82. The minimum atomic E-state index is -4.70. The van der Waals surface area contributed by atoms with Gasteiger partial charge in [0.05, 0.1) is 27.4 Å². The van der Waals surface area contributed by atoms with Crippen LogP contribution in [0.1, 0.15) is 29.0 Å². The number of halogens is 3. The molecule has 3 rings (SSSR count). The molecule has 12 heteroatoms. The van der Waals surface area contributed by atoms with Gasteiger partial charge in [-0.2, -0.15) is 13.2 Å². The number of likely N-dealkylation sites (tertiary alicyclic amines) is 1. The second-order valence-corrected chi connectivity index (χ2v) is 7.85. The highest BCUT2D eigenvalue weighted by Gasteiger charge is 2.33. The predicted octanol–water partition coefficient (Wildman–Crippen LogP) is 3.72. The average molecular weight is 457 g/mol. The zero-order valence-corrected chi connectivity index (χ0v) is 16.9. The van der Waals surface area contributed by atoms with Crippen molar-refractivity contribution in [2.24, 2.45) is 0 Å². The molecule has 0 spiro atoms. The van der Waals surface area contributed by atoms with Gasteiger partial charge in [0, 0.05) is 25.2 Å². The number of hydrogen-bond donors (Lipinski definition) is 1. The lowest BCUT2D eigenvalue weighted by Crippen LogP contribution is -2.46. The first-order valence-electron chi connectivity index (χ1n) is 9.25. The van der Waals surface area contributed by atoms with Crippen molar-refractivity contribution in [3.8, 4) is 0 Å². The number of nitrogens with zero attached hydrogens (tertiary/aromatic N) is 2. The Morgan fingerprint density at radius 3 is 2.55 bits per heavy atom. The summed E-state index contributed by atoms with van der Waals surface area (Å²) in [6.45, 7) is 0.865. The third-order valence-corrected chi connectivity index (χ3v) is 5.78. The van der Waals surface area contributed by atoms with E-state index in [2.05, 4.69) is 5.32 Å².